The molecule has 0 saturated carbocycles. The maximum atomic E-state index is 6.15. The monoisotopic (exact) mass is 253 g/mol. The van der Waals surface area contributed by atoms with Gasteiger partial charge in [-0.2, -0.15) is 0 Å². The molecule has 0 aliphatic heterocycles. The molecule has 0 amide bonds. The van der Waals surface area contributed by atoms with Crippen molar-refractivity contribution in [1.29, 1.82) is 0 Å². The topological polar surface area (TPSA) is 12.0 Å². The van der Waals surface area contributed by atoms with Gasteiger partial charge in [-0.25, -0.2) is 0 Å². The summed E-state index contributed by atoms with van der Waals surface area (Å²) in [6, 6.07) is 8.31. The van der Waals surface area contributed by atoms with Crippen molar-refractivity contribution < 1.29 is 0 Å². The van der Waals surface area contributed by atoms with Crippen molar-refractivity contribution in [1.82, 2.24) is 0 Å². The highest BCUT2D eigenvalue weighted by Gasteiger charge is 2.05. The number of hydrogen-bond donors (Lipinski definition) is 1. The van der Waals surface area contributed by atoms with E-state index in [-0.39, 0.29) is 5.38 Å². The van der Waals surface area contributed by atoms with E-state index < -0.39 is 0 Å². The summed E-state index contributed by atoms with van der Waals surface area (Å²) in [7, 11) is 0. The molecule has 0 radical (unpaired) electrons. The smallest absolute Gasteiger partial charge is 0.0577 e. The third-order valence-electron chi connectivity index (χ3n) is 2.99. The number of halogens is 1. The summed E-state index contributed by atoms with van der Waals surface area (Å²) in [4.78, 5) is 0. The van der Waals surface area contributed by atoms with E-state index in [0.29, 0.717) is 0 Å². The highest BCUT2D eigenvalue weighted by Crippen LogP contribution is 2.26. The van der Waals surface area contributed by atoms with Crippen LogP contribution >= 0.6 is 11.6 Å². The van der Waals surface area contributed by atoms with Crippen LogP contribution in [0.3, 0.4) is 0 Å². The van der Waals surface area contributed by atoms with E-state index in [1.807, 2.05) is 13.0 Å². The molecule has 0 aromatic heterocycles. The molecule has 1 rings (SSSR count). The molecular formula is C15H24ClN. The summed E-state index contributed by atoms with van der Waals surface area (Å²) < 4.78 is 0. The molecule has 1 atom stereocenters. The second kappa shape index (κ2) is 8.41. The molecule has 1 N–H and O–H groups in total. The van der Waals surface area contributed by atoms with Crippen LogP contribution in [0.1, 0.15) is 56.9 Å². The average Bonchev–Trinajstić information content (AvgIpc) is 2.34. The first-order chi connectivity index (χ1) is 8.25. The van der Waals surface area contributed by atoms with E-state index in [1.165, 1.54) is 43.4 Å². The lowest BCUT2D eigenvalue weighted by atomic mass is 10.1. The fraction of sp³-hybridized carbons (Fsp3) is 0.600. The average molecular weight is 254 g/mol. The standard InChI is InChI=1S/C15H24ClN/c1-3-4-5-6-9-12-17-15-11-8-7-10-14(15)13(2)16/h7-8,10-11,13,17H,3-6,9,12H2,1-2H3. The summed E-state index contributed by atoms with van der Waals surface area (Å²) in [5.41, 5.74) is 2.38. The van der Waals surface area contributed by atoms with Crippen molar-refractivity contribution in [3.8, 4) is 0 Å². The molecule has 0 aliphatic carbocycles. The Kier molecular flexibility index (Phi) is 7.11. The molecule has 0 heterocycles. The van der Waals surface area contributed by atoms with Crippen LogP contribution in [0.2, 0.25) is 0 Å². The number of alkyl halides is 1. The summed E-state index contributed by atoms with van der Waals surface area (Å²) >= 11 is 6.15. The largest absolute Gasteiger partial charge is 0.385 e. The van der Waals surface area contributed by atoms with Crippen LogP contribution in [0.5, 0.6) is 0 Å². The first kappa shape index (κ1) is 14.4. The lowest BCUT2D eigenvalue weighted by Gasteiger charge is -2.13. The molecule has 96 valence electrons. The first-order valence-electron chi connectivity index (χ1n) is 6.72. The molecule has 1 nitrogen and oxygen atoms in total. The molecule has 17 heavy (non-hydrogen) atoms. The van der Waals surface area contributed by atoms with Crippen LogP contribution in [0.4, 0.5) is 5.69 Å². The van der Waals surface area contributed by atoms with Crippen molar-refractivity contribution in [2.75, 3.05) is 11.9 Å². The molecule has 0 saturated heterocycles. The molecule has 0 bridgehead atoms. The fourth-order valence-electron chi connectivity index (χ4n) is 1.96. The van der Waals surface area contributed by atoms with Crippen LogP contribution in [0, 0.1) is 0 Å². The van der Waals surface area contributed by atoms with Gasteiger partial charge < -0.3 is 5.32 Å². The second-order valence-corrected chi connectivity index (χ2v) is 5.20. The Hall–Kier alpha value is -0.690. The van der Waals surface area contributed by atoms with Gasteiger partial charge in [-0.15, -0.1) is 11.6 Å². The van der Waals surface area contributed by atoms with E-state index in [2.05, 4.69) is 30.4 Å². The van der Waals surface area contributed by atoms with Crippen LogP contribution < -0.4 is 5.32 Å². The number of nitrogens with one attached hydrogen (secondary N) is 1. The van der Waals surface area contributed by atoms with Crippen molar-refractivity contribution in [3.05, 3.63) is 29.8 Å². The molecule has 0 fully saturated rings. The Balaban J connectivity index is 2.31. The maximum Gasteiger partial charge on any atom is 0.0577 e. The van der Waals surface area contributed by atoms with Gasteiger partial charge in [-0.1, -0.05) is 50.8 Å². The van der Waals surface area contributed by atoms with Gasteiger partial charge in [0.2, 0.25) is 0 Å². The zero-order valence-electron chi connectivity index (χ0n) is 11.0. The zero-order valence-corrected chi connectivity index (χ0v) is 11.8. The lowest BCUT2D eigenvalue weighted by molar-refractivity contribution is 0.645. The molecule has 2 heteroatoms. The van der Waals surface area contributed by atoms with E-state index in [0.717, 1.165) is 6.54 Å². The van der Waals surface area contributed by atoms with Gasteiger partial charge in [0.15, 0.2) is 0 Å². The van der Waals surface area contributed by atoms with E-state index in [9.17, 15) is 0 Å². The number of rotatable bonds is 8. The predicted octanol–water partition coefficient (Wildman–Crippen LogP) is 5.37. The third-order valence-corrected chi connectivity index (χ3v) is 3.22. The number of benzene rings is 1. The second-order valence-electron chi connectivity index (χ2n) is 4.54. The van der Waals surface area contributed by atoms with Crippen molar-refractivity contribution in [2.45, 2.75) is 51.3 Å². The minimum absolute atomic E-state index is 0.0683. The van der Waals surface area contributed by atoms with E-state index in [1.54, 1.807) is 0 Å². The lowest BCUT2D eigenvalue weighted by Crippen LogP contribution is -2.04. The van der Waals surface area contributed by atoms with Gasteiger partial charge in [0.1, 0.15) is 0 Å². The molecule has 1 unspecified atom stereocenters. The minimum Gasteiger partial charge on any atom is -0.385 e. The van der Waals surface area contributed by atoms with Crippen LogP contribution in [-0.4, -0.2) is 6.54 Å². The van der Waals surface area contributed by atoms with Crippen LogP contribution in [0.15, 0.2) is 24.3 Å². The van der Waals surface area contributed by atoms with Gasteiger partial charge >= 0.3 is 0 Å². The number of hydrogen-bond acceptors (Lipinski definition) is 1. The Morgan fingerprint density at radius 2 is 1.82 bits per heavy atom. The predicted molar refractivity (Wildman–Crippen MR) is 78.0 cm³/mol. The Labute approximate surface area is 111 Å². The summed E-state index contributed by atoms with van der Waals surface area (Å²) in [6.07, 6.45) is 6.57. The Morgan fingerprint density at radius 3 is 2.53 bits per heavy atom. The summed E-state index contributed by atoms with van der Waals surface area (Å²) in [6.45, 7) is 5.31. The van der Waals surface area contributed by atoms with Crippen LogP contribution in [-0.2, 0) is 0 Å². The van der Waals surface area contributed by atoms with Gasteiger partial charge in [0, 0.05) is 12.2 Å². The molecule has 0 aliphatic rings. The molecule has 1 aromatic rings. The zero-order chi connectivity index (χ0) is 12.5. The summed E-state index contributed by atoms with van der Waals surface area (Å²) in [5, 5.41) is 3.56. The highest BCUT2D eigenvalue weighted by molar-refractivity contribution is 6.21. The Morgan fingerprint density at radius 1 is 1.12 bits per heavy atom. The SMILES string of the molecule is CCCCCCCNc1ccccc1C(C)Cl. The van der Waals surface area contributed by atoms with Gasteiger partial charge in [-0.05, 0) is 25.0 Å². The number of unbranched alkanes of at least 4 members (excludes halogenated alkanes) is 4. The van der Waals surface area contributed by atoms with Crippen molar-refractivity contribution in [3.63, 3.8) is 0 Å². The normalized spacial score (nSPS) is 12.4. The minimum atomic E-state index is 0.0683. The highest BCUT2D eigenvalue weighted by atomic mass is 35.5. The third kappa shape index (κ3) is 5.45. The van der Waals surface area contributed by atoms with Gasteiger partial charge in [0.05, 0.1) is 5.38 Å². The number of anilines is 1. The van der Waals surface area contributed by atoms with Crippen molar-refractivity contribution >= 4 is 17.3 Å². The van der Waals surface area contributed by atoms with E-state index in [4.69, 9.17) is 11.6 Å². The van der Waals surface area contributed by atoms with Gasteiger partial charge in [-0.3, -0.25) is 0 Å². The molecule has 0 spiro atoms. The molecular weight excluding hydrogens is 230 g/mol. The number of para-hydroxylation sites is 1. The van der Waals surface area contributed by atoms with Crippen molar-refractivity contribution in [2.24, 2.45) is 0 Å². The molecule has 1 aromatic carbocycles. The fourth-order valence-corrected chi connectivity index (χ4v) is 2.15. The summed E-state index contributed by atoms with van der Waals surface area (Å²) in [5.74, 6) is 0. The van der Waals surface area contributed by atoms with Crippen LogP contribution in [0.25, 0.3) is 0 Å². The van der Waals surface area contributed by atoms with E-state index >= 15 is 0 Å². The van der Waals surface area contributed by atoms with Gasteiger partial charge in [0.25, 0.3) is 0 Å². The Bertz CT molecular complexity index is 310. The first-order valence-corrected chi connectivity index (χ1v) is 7.16. The quantitative estimate of drug-likeness (QED) is 0.485. The maximum absolute atomic E-state index is 6.15.